The lowest BCUT2D eigenvalue weighted by atomic mass is 9.83. The number of rotatable bonds is 5. The Kier molecular flexibility index (Phi) is 5.14. The highest BCUT2D eigenvalue weighted by atomic mass is 16.1. The molecule has 0 N–H and O–H groups in total. The van der Waals surface area contributed by atoms with E-state index in [0.29, 0.717) is 12.1 Å². The Hall–Kier alpha value is -0.410. The number of carbonyl (C=O) groups excluding carboxylic acids is 1. The molecule has 100 valence electrons. The maximum absolute atomic E-state index is 11.4. The van der Waals surface area contributed by atoms with Crippen molar-refractivity contribution in [1.29, 1.82) is 0 Å². The monoisotopic (exact) mass is 240 g/mol. The van der Waals surface area contributed by atoms with Gasteiger partial charge in [-0.05, 0) is 33.7 Å². The highest BCUT2D eigenvalue weighted by Crippen LogP contribution is 2.26. The van der Waals surface area contributed by atoms with Gasteiger partial charge in [-0.25, -0.2) is 0 Å². The van der Waals surface area contributed by atoms with Gasteiger partial charge in [0.05, 0.1) is 0 Å². The molecule has 0 aromatic heterocycles. The molecule has 0 spiro atoms. The zero-order valence-corrected chi connectivity index (χ0v) is 12.1. The molecule has 1 aliphatic heterocycles. The van der Waals surface area contributed by atoms with E-state index >= 15 is 0 Å². The third kappa shape index (κ3) is 3.29. The highest BCUT2D eigenvalue weighted by molar-refractivity contribution is 5.59. The van der Waals surface area contributed by atoms with Crippen molar-refractivity contribution in [1.82, 2.24) is 9.80 Å². The SMILES string of the molecule is CCC(C=O)(CC)CN1CC(C)N(C)C(C)C1. The highest BCUT2D eigenvalue weighted by Gasteiger charge is 2.33. The first kappa shape index (κ1) is 14.7. The fourth-order valence-corrected chi connectivity index (χ4v) is 2.77. The molecule has 0 bridgehead atoms. The second kappa shape index (κ2) is 5.96. The second-order valence-corrected chi connectivity index (χ2v) is 5.74. The predicted molar refractivity (Wildman–Crippen MR) is 72.2 cm³/mol. The van der Waals surface area contributed by atoms with E-state index < -0.39 is 0 Å². The van der Waals surface area contributed by atoms with E-state index in [-0.39, 0.29) is 5.41 Å². The molecule has 1 heterocycles. The van der Waals surface area contributed by atoms with Gasteiger partial charge in [-0.1, -0.05) is 13.8 Å². The Morgan fingerprint density at radius 1 is 1.18 bits per heavy atom. The van der Waals surface area contributed by atoms with Gasteiger partial charge in [0.25, 0.3) is 0 Å². The number of aldehydes is 1. The minimum atomic E-state index is -0.130. The van der Waals surface area contributed by atoms with E-state index in [9.17, 15) is 4.79 Å². The van der Waals surface area contributed by atoms with Crippen LogP contribution in [0.1, 0.15) is 40.5 Å². The van der Waals surface area contributed by atoms with Gasteiger partial charge in [0.2, 0.25) is 0 Å². The van der Waals surface area contributed by atoms with Crippen LogP contribution in [0.2, 0.25) is 0 Å². The normalized spacial score (nSPS) is 28.3. The Morgan fingerprint density at radius 2 is 1.65 bits per heavy atom. The van der Waals surface area contributed by atoms with Crippen molar-refractivity contribution in [2.24, 2.45) is 5.41 Å². The van der Waals surface area contributed by atoms with Crippen molar-refractivity contribution in [3.8, 4) is 0 Å². The van der Waals surface area contributed by atoms with Crippen LogP contribution < -0.4 is 0 Å². The van der Waals surface area contributed by atoms with Gasteiger partial charge in [-0.15, -0.1) is 0 Å². The minimum Gasteiger partial charge on any atom is -0.303 e. The predicted octanol–water partition coefficient (Wildman–Crippen LogP) is 2.02. The van der Waals surface area contributed by atoms with Crippen LogP contribution >= 0.6 is 0 Å². The zero-order chi connectivity index (χ0) is 13.1. The molecule has 0 aliphatic carbocycles. The van der Waals surface area contributed by atoms with Crippen molar-refractivity contribution < 1.29 is 4.79 Å². The first-order valence-electron chi connectivity index (χ1n) is 6.88. The summed E-state index contributed by atoms with van der Waals surface area (Å²) in [5, 5.41) is 0. The summed E-state index contributed by atoms with van der Waals surface area (Å²) in [4.78, 5) is 16.2. The van der Waals surface area contributed by atoms with E-state index in [1.165, 1.54) is 6.29 Å². The third-order valence-corrected chi connectivity index (χ3v) is 4.63. The van der Waals surface area contributed by atoms with E-state index in [1.807, 2.05) is 0 Å². The lowest BCUT2D eigenvalue weighted by Crippen LogP contribution is -2.57. The molecule has 3 heteroatoms. The summed E-state index contributed by atoms with van der Waals surface area (Å²) in [5.41, 5.74) is -0.130. The van der Waals surface area contributed by atoms with Crippen LogP contribution in [0.4, 0.5) is 0 Å². The molecule has 3 nitrogen and oxygen atoms in total. The largest absolute Gasteiger partial charge is 0.303 e. The smallest absolute Gasteiger partial charge is 0.127 e. The number of carbonyl (C=O) groups is 1. The fraction of sp³-hybridized carbons (Fsp3) is 0.929. The summed E-state index contributed by atoms with van der Waals surface area (Å²) in [5.74, 6) is 0. The second-order valence-electron chi connectivity index (χ2n) is 5.74. The molecule has 0 radical (unpaired) electrons. The van der Waals surface area contributed by atoms with Gasteiger partial charge in [0.1, 0.15) is 6.29 Å². The van der Waals surface area contributed by atoms with Crippen LogP contribution in [0.3, 0.4) is 0 Å². The molecule has 1 aliphatic rings. The van der Waals surface area contributed by atoms with E-state index in [1.54, 1.807) is 0 Å². The molecule has 1 fully saturated rings. The molecule has 1 rings (SSSR count). The molecule has 2 atom stereocenters. The summed E-state index contributed by atoms with van der Waals surface area (Å²) in [6.45, 7) is 11.9. The van der Waals surface area contributed by atoms with Crippen molar-refractivity contribution in [2.45, 2.75) is 52.6 Å². The average molecular weight is 240 g/mol. The maximum atomic E-state index is 11.4. The van der Waals surface area contributed by atoms with Crippen LogP contribution in [-0.2, 0) is 4.79 Å². The standard InChI is InChI=1S/C14H28N2O/c1-6-14(7-2,11-17)10-16-8-12(3)15(5)13(4)9-16/h11-13H,6-10H2,1-5H3. The number of piperazine rings is 1. The topological polar surface area (TPSA) is 23.6 Å². The Bertz CT molecular complexity index is 239. The first-order chi connectivity index (χ1) is 7.98. The molecule has 0 aromatic rings. The van der Waals surface area contributed by atoms with Gasteiger partial charge >= 0.3 is 0 Å². The van der Waals surface area contributed by atoms with Crippen molar-refractivity contribution in [2.75, 3.05) is 26.7 Å². The molecular formula is C14H28N2O. The molecule has 0 amide bonds. The van der Waals surface area contributed by atoms with Crippen LogP contribution in [0.15, 0.2) is 0 Å². The Labute approximate surface area is 106 Å². The molecule has 0 saturated carbocycles. The molecule has 0 aromatic carbocycles. The lowest BCUT2D eigenvalue weighted by molar-refractivity contribution is -0.118. The van der Waals surface area contributed by atoms with E-state index in [4.69, 9.17) is 0 Å². The Balaban J connectivity index is 2.65. The summed E-state index contributed by atoms with van der Waals surface area (Å²) >= 11 is 0. The molecular weight excluding hydrogens is 212 g/mol. The van der Waals surface area contributed by atoms with Crippen molar-refractivity contribution in [3.63, 3.8) is 0 Å². The first-order valence-corrected chi connectivity index (χ1v) is 6.88. The van der Waals surface area contributed by atoms with Crippen molar-refractivity contribution >= 4 is 6.29 Å². The summed E-state index contributed by atoms with van der Waals surface area (Å²) in [7, 11) is 2.19. The van der Waals surface area contributed by atoms with Gasteiger partial charge in [0, 0.05) is 37.1 Å². The van der Waals surface area contributed by atoms with Gasteiger partial charge < -0.3 is 4.79 Å². The average Bonchev–Trinajstić information content (AvgIpc) is 2.33. The van der Waals surface area contributed by atoms with Crippen LogP contribution in [-0.4, -0.2) is 54.9 Å². The van der Waals surface area contributed by atoms with Crippen LogP contribution in [0, 0.1) is 5.41 Å². The van der Waals surface area contributed by atoms with Crippen LogP contribution in [0.5, 0.6) is 0 Å². The lowest BCUT2D eigenvalue weighted by Gasteiger charge is -2.45. The Morgan fingerprint density at radius 3 is 2.00 bits per heavy atom. The fourth-order valence-electron chi connectivity index (χ4n) is 2.77. The van der Waals surface area contributed by atoms with Gasteiger partial charge in [0.15, 0.2) is 0 Å². The summed E-state index contributed by atoms with van der Waals surface area (Å²) in [6, 6.07) is 1.16. The van der Waals surface area contributed by atoms with Crippen LogP contribution in [0.25, 0.3) is 0 Å². The summed E-state index contributed by atoms with van der Waals surface area (Å²) < 4.78 is 0. The minimum absolute atomic E-state index is 0.130. The molecule has 1 saturated heterocycles. The third-order valence-electron chi connectivity index (χ3n) is 4.63. The van der Waals surface area contributed by atoms with Gasteiger partial charge in [-0.3, -0.25) is 9.80 Å². The summed E-state index contributed by atoms with van der Waals surface area (Å²) in [6.07, 6.45) is 3.07. The number of likely N-dealkylation sites (N-methyl/N-ethyl adjacent to an activating group) is 1. The number of hydrogen-bond donors (Lipinski definition) is 0. The molecule has 2 unspecified atom stereocenters. The quantitative estimate of drug-likeness (QED) is 0.687. The molecule has 17 heavy (non-hydrogen) atoms. The number of hydrogen-bond acceptors (Lipinski definition) is 3. The van der Waals surface area contributed by atoms with E-state index in [2.05, 4.69) is 44.5 Å². The zero-order valence-electron chi connectivity index (χ0n) is 12.1. The van der Waals surface area contributed by atoms with Gasteiger partial charge in [-0.2, -0.15) is 0 Å². The number of nitrogens with zero attached hydrogens (tertiary/aromatic N) is 2. The maximum Gasteiger partial charge on any atom is 0.127 e. The van der Waals surface area contributed by atoms with Crippen molar-refractivity contribution in [3.05, 3.63) is 0 Å². The van der Waals surface area contributed by atoms with E-state index in [0.717, 1.165) is 32.5 Å².